The highest BCUT2D eigenvalue weighted by Crippen LogP contribution is 2.41. The molecule has 0 saturated carbocycles. The summed E-state index contributed by atoms with van der Waals surface area (Å²) in [5.41, 5.74) is 2.59. The van der Waals surface area contributed by atoms with Crippen LogP contribution in [0.15, 0.2) is 34.2 Å². The van der Waals surface area contributed by atoms with Crippen molar-refractivity contribution in [2.24, 2.45) is 5.41 Å². The summed E-state index contributed by atoms with van der Waals surface area (Å²) in [4.78, 5) is 12.4. The fourth-order valence-electron chi connectivity index (χ4n) is 4.46. The van der Waals surface area contributed by atoms with Crippen molar-refractivity contribution >= 4 is 43.7 Å². The van der Waals surface area contributed by atoms with Crippen molar-refractivity contribution in [3.05, 3.63) is 35.5 Å². The summed E-state index contributed by atoms with van der Waals surface area (Å²) >= 11 is 3.01. The lowest BCUT2D eigenvalue weighted by Crippen LogP contribution is -2.66. The highest BCUT2D eigenvalue weighted by Gasteiger charge is 2.49. The lowest BCUT2D eigenvalue weighted by atomic mass is 9.78. The zero-order valence-electron chi connectivity index (χ0n) is 21.0. The molecule has 10 nitrogen and oxygen atoms in total. The van der Waals surface area contributed by atoms with E-state index in [1.807, 2.05) is 38.2 Å². The van der Waals surface area contributed by atoms with Crippen LogP contribution in [0, 0.1) is 5.41 Å². The molecule has 2 saturated heterocycles. The number of rotatable bonds is 7. The number of hydrogen-bond donors (Lipinski definition) is 0. The molecule has 5 aromatic rings. The van der Waals surface area contributed by atoms with Crippen LogP contribution in [0.2, 0.25) is 0 Å². The van der Waals surface area contributed by atoms with Gasteiger partial charge in [0.1, 0.15) is 29.4 Å². The summed E-state index contributed by atoms with van der Waals surface area (Å²) in [5.74, 6) is 1.94. The molecule has 0 N–H and O–H groups in total. The van der Waals surface area contributed by atoms with Gasteiger partial charge in [-0.3, -0.25) is 0 Å². The van der Waals surface area contributed by atoms with E-state index in [2.05, 4.69) is 20.4 Å². The Bertz CT molecular complexity index is 1510. The Morgan fingerprint density at radius 2 is 1.92 bits per heavy atom. The van der Waals surface area contributed by atoms with E-state index in [4.69, 9.17) is 28.3 Å². The van der Waals surface area contributed by atoms with Crippen molar-refractivity contribution in [2.75, 3.05) is 45.4 Å². The summed E-state index contributed by atoms with van der Waals surface area (Å²) in [6.45, 7) is 8.12. The molecule has 2 fully saturated rings. The smallest absolute Gasteiger partial charge is 0.294 e. The first-order chi connectivity index (χ1) is 18.1. The van der Waals surface area contributed by atoms with Crippen LogP contribution < -0.4 is 19.1 Å². The molecule has 0 amide bonds. The molecule has 12 heteroatoms. The van der Waals surface area contributed by atoms with E-state index in [1.54, 1.807) is 30.1 Å². The first-order valence-electron chi connectivity index (χ1n) is 12.0. The van der Waals surface area contributed by atoms with E-state index >= 15 is 0 Å². The lowest BCUT2D eigenvalue weighted by Gasteiger charge is -2.54. The number of aromatic nitrogens is 4. The predicted octanol–water partition coefficient (Wildman–Crippen LogP) is 5.12. The Morgan fingerprint density at radius 1 is 1.08 bits per heavy atom. The van der Waals surface area contributed by atoms with Gasteiger partial charge in [0.15, 0.2) is 10.9 Å². The topological polar surface area (TPSA) is 96.4 Å². The Labute approximate surface area is 221 Å². The van der Waals surface area contributed by atoms with Gasteiger partial charge in [0, 0.05) is 30.6 Å². The van der Waals surface area contributed by atoms with Gasteiger partial charge in [-0.1, -0.05) is 13.8 Å². The number of imidazole rings is 1. The van der Waals surface area contributed by atoms with Gasteiger partial charge in [-0.25, -0.2) is 14.5 Å². The fourth-order valence-corrected chi connectivity index (χ4v) is 5.97. The first-order valence-corrected chi connectivity index (χ1v) is 13.7. The number of nitrogens with zero attached hydrogens (tertiary/aromatic N) is 5. The summed E-state index contributed by atoms with van der Waals surface area (Å²) in [7, 11) is 3.21. The van der Waals surface area contributed by atoms with Gasteiger partial charge in [0.25, 0.3) is 5.19 Å². The minimum Gasteiger partial charge on any atom is -0.496 e. The van der Waals surface area contributed by atoms with Crippen LogP contribution in [0.3, 0.4) is 0 Å². The molecular formula is C25H27N5O5S2. The fraction of sp³-hybridized carbons (Fsp3) is 0.400. The van der Waals surface area contributed by atoms with Crippen LogP contribution in [0.4, 0.5) is 5.13 Å². The van der Waals surface area contributed by atoms with Gasteiger partial charge in [-0.2, -0.15) is 0 Å². The first kappa shape index (κ1) is 24.0. The molecule has 2 aliphatic rings. The van der Waals surface area contributed by atoms with Gasteiger partial charge in [-0.05, 0) is 17.4 Å². The normalized spacial score (nSPS) is 15.8. The number of hydrogen-bond acceptors (Lipinski definition) is 11. The molecule has 2 aliphatic heterocycles. The van der Waals surface area contributed by atoms with E-state index in [-0.39, 0.29) is 0 Å². The maximum absolute atomic E-state index is 6.20. The van der Waals surface area contributed by atoms with Crippen LogP contribution in [0.25, 0.3) is 27.4 Å². The number of thiazole rings is 1. The molecule has 194 valence electrons. The molecule has 6 heterocycles. The van der Waals surface area contributed by atoms with Crippen molar-refractivity contribution in [1.29, 1.82) is 0 Å². The molecule has 0 atom stereocenters. The minimum absolute atomic E-state index is 0.352. The molecule has 1 spiro atoms. The number of methoxy groups -OCH3 is 2. The zero-order chi connectivity index (χ0) is 25.6. The van der Waals surface area contributed by atoms with E-state index in [0.717, 1.165) is 47.5 Å². The Balaban J connectivity index is 0.00000123. The monoisotopic (exact) mass is 541 g/mol. The van der Waals surface area contributed by atoms with Crippen LogP contribution in [-0.4, -0.2) is 60.1 Å². The third-order valence-corrected chi connectivity index (χ3v) is 8.15. The predicted molar refractivity (Wildman–Crippen MR) is 142 cm³/mol. The Hall–Kier alpha value is -3.35. The van der Waals surface area contributed by atoms with Crippen LogP contribution >= 0.6 is 22.7 Å². The summed E-state index contributed by atoms with van der Waals surface area (Å²) in [6, 6.07) is 5.64. The number of ether oxygens (including phenoxy) is 4. The maximum Gasteiger partial charge on any atom is 0.294 e. The summed E-state index contributed by atoms with van der Waals surface area (Å²) in [5, 5.41) is 8.81. The molecule has 7 rings (SSSR count). The molecule has 0 aliphatic carbocycles. The molecule has 0 bridgehead atoms. The van der Waals surface area contributed by atoms with Crippen molar-refractivity contribution in [3.63, 3.8) is 0 Å². The van der Waals surface area contributed by atoms with Gasteiger partial charge in [0.05, 0.1) is 50.1 Å². The third-order valence-electron chi connectivity index (χ3n) is 6.32. The van der Waals surface area contributed by atoms with E-state index in [0.29, 0.717) is 45.8 Å². The number of benzene rings is 1. The largest absolute Gasteiger partial charge is 0.496 e. The number of anilines is 1. The van der Waals surface area contributed by atoms with E-state index in [1.165, 1.54) is 11.3 Å². The number of fused-ring (bicyclic) bond motifs is 2. The maximum atomic E-state index is 6.20. The highest BCUT2D eigenvalue weighted by molar-refractivity contribution is 7.18. The molecule has 0 unspecified atom stereocenters. The van der Waals surface area contributed by atoms with E-state index < -0.39 is 0 Å². The summed E-state index contributed by atoms with van der Waals surface area (Å²) in [6.07, 6.45) is 1.82. The summed E-state index contributed by atoms with van der Waals surface area (Å²) < 4.78 is 30.0. The standard InChI is InChI=1S/C23H21N5O5S2.C2H6/c1-29-14-3-17(32-7-13-8-34-20(24-13)27-9-23(10-27)11-31-12-23)15-5-19(33-18(15)4-14)16-6-28-21(25-16)35-22(26-28)30-2;1-2/h3-6,8H,7,9-12H2,1-2H3;1-2H3. The second-order valence-electron chi connectivity index (χ2n) is 8.83. The average molecular weight is 542 g/mol. The Kier molecular flexibility index (Phi) is 6.17. The molecular weight excluding hydrogens is 514 g/mol. The molecule has 1 aromatic carbocycles. The van der Waals surface area contributed by atoms with Crippen molar-refractivity contribution in [3.8, 4) is 28.1 Å². The molecule has 0 radical (unpaired) electrons. The quantitative estimate of drug-likeness (QED) is 0.278. The molecule has 37 heavy (non-hydrogen) atoms. The van der Waals surface area contributed by atoms with Gasteiger partial charge in [0.2, 0.25) is 4.96 Å². The highest BCUT2D eigenvalue weighted by atomic mass is 32.1. The van der Waals surface area contributed by atoms with Crippen LogP contribution in [0.5, 0.6) is 16.7 Å². The third kappa shape index (κ3) is 4.28. The van der Waals surface area contributed by atoms with Crippen LogP contribution in [0.1, 0.15) is 19.5 Å². The zero-order valence-corrected chi connectivity index (χ0v) is 22.6. The average Bonchev–Trinajstić information content (AvgIpc) is 3.64. The van der Waals surface area contributed by atoms with Crippen molar-refractivity contribution in [2.45, 2.75) is 20.5 Å². The minimum atomic E-state index is 0.352. The van der Waals surface area contributed by atoms with Crippen molar-refractivity contribution < 1.29 is 23.4 Å². The number of furan rings is 1. The second kappa shape index (κ2) is 9.51. The van der Waals surface area contributed by atoms with Gasteiger partial charge < -0.3 is 28.3 Å². The van der Waals surface area contributed by atoms with Crippen molar-refractivity contribution in [1.82, 2.24) is 19.6 Å². The van der Waals surface area contributed by atoms with E-state index in [9.17, 15) is 0 Å². The van der Waals surface area contributed by atoms with Gasteiger partial charge in [-0.15, -0.1) is 16.4 Å². The SMILES string of the molecule is CC.COc1cc(OCc2csc(N3CC4(COC4)C3)n2)c2cc(-c3cn4nc(OC)sc4n3)oc2c1. The lowest BCUT2D eigenvalue weighted by molar-refractivity contribution is -0.127. The van der Waals surface area contributed by atoms with Gasteiger partial charge >= 0.3 is 0 Å². The molecule has 4 aromatic heterocycles. The van der Waals surface area contributed by atoms with Crippen LogP contribution in [-0.2, 0) is 11.3 Å². The second-order valence-corrected chi connectivity index (χ2v) is 10.6. The Morgan fingerprint density at radius 3 is 2.62 bits per heavy atom.